The van der Waals surface area contributed by atoms with Crippen molar-refractivity contribution in [3.05, 3.63) is 28.3 Å². The maximum atomic E-state index is 10.4. The highest BCUT2D eigenvalue weighted by Crippen LogP contribution is 2.17. The number of nitriles is 1. The van der Waals surface area contributed by atoms with Crippen LogP contribution in [0.5, 0.6) is 0 Å². The van der Waals surface area contributed by atoms with E-state index in [0.717, 1.165) is 4.68 Å². The van der Waals surface area contributed by atoms with Gasteiger partial charge in [0.1, 0.15) is 11.0 Å². The Labute approximate surface area is 77.3 Å². The van der Waals surface area contributed by atoms with E-state index in [4.69, 9.17) is 5.26 Å². The second-order valence-electron chi connectivity index (χ2n) is 2.53. The van der Waals surface area contributed by atoms with Gasteiger partial charge in [-0.05, 0) is 6.07 Å². The van der Waals surface area contributed by atoms with Crippen LogP contribution in [-0.4, -0.2) is 19.9 Å². The minimum Gasteiger partial charge on any atom is -0.258 e. The van der Waals surface area contributed by atoms with E-state index < -0.39 is 4.92 Å². The Kier molecular flexibility index (Phi) is 1.61. The predicted octanol–water partition coefficient (Wildman–Crippen LogP) is 0.669. The molecule has 68 valence electrons. The lowest BCUT2D eigenvalue weighted by Gasteiger charge is -1.90. The Morgan fingerprint density at radius 2 is 2.36 bits per heavy atom. The zero-order chi connectivity index (χ0) is 10.1. The molecule has 0 N–H and O–H groups in total. The summed E-state index contributed by atoms with van der Waals surface area (Å²) in [5.74, 6) is 0. The fourth-order valence-corrected chi connectivity index (χ4v) is 1.10. The molecule has 0 spiro atoms. The summed E-state index contributed by atoms with van der Waals surface area (Å²) in [7, 11) is 0. The van der Waals surface area contributed by atoms with Crippen LogP contribution in [0.25, 0.3) is 11.0 Å². The second kappa shape index (κ2) is 2.77. The number of nitro groups is 1. The first kappa shape index (κ1) is 8.12. The number of hydrogen-bond acceptors (Lipinski definition) is 5. The summed E-state index contributed by atoms with van der Waals surface area (Å²) in [6.45, 7) is 0. The molecule has 1 aromatic carbocycles. The normalized spacial score (nSPS) is 9.93. The minimum absolute atomic E-state index is 0.0671. The van der Waals surface area contributed by atoms with Crippen molar-refractivity contribution in [2.75, 3.05) is 0 Å². The van der Waals surface area contributed by atoms with Crippen LogP contribution in [0.2, 0.25) is 0 Å². The van der Waals surface area contributed by atoms with Gasteiger partial charge in [0, 0.05) is 12.1 Å². The van der Waals surface area contributed by atoms with Crippen molar-refractivity contribution >= 4 is 16.7 Å². The number of nitrogens with zero attached hydrogens (tertiary/aromatic N) is 5. The van der Waals surface area contributed by atoms with Gasteiger partial charge >= 0.3 is 0 Å². The van der Waals surface area contributed by atoms with Crippen molar-refractivity contribution in [3.63, 3.8) is 0 Å². The van der Waals surface area contributed by atoms with E-state index in [2.05, 4.69) is 10.3 Å². The van der Waals surface area contributed by atoms with Crippen molar-refractivity contribution in [2.24, 2.45) is 0 Å². The van der Waals surface area contributed by atoms with Crippen LogP contribution in [0.15, 0.2) is 18.2 Å². The van der Waals surface area contributed by atoms with E-state index in [-0.39, 0.29) is 5.69 Å². The molecule has 0 saturated heterocycles. The number of fused-ring (bicyclic) bond motifs is 1. The molecule has 0 unspecified atom stereocenters. The molecule has 14 heavy (non-hydrogen) atoms. The zero-order valence-electron chi connectivity index (χ0n) is 6.78. The summed E-state index contributed by atoms with van der Waals surface area (Å²) < 4.78 is 0.999. The Morgan fingerprint density at radius 3 is 3.00 bits per heavy atom. The summed E-state index contributed by atoms with van der Waals surface area (Å²) in [4.78, 5) is 9.88. The van der Waals surface area contributed by atoms with Crippen molar-refractivity contribution < 1.29 is 4.92 Å². The van der Waals surface area contributed by atoms with Gasteiger partial charge < -0.3 is 0 Å². The Hall–Kier alpha value is -2.49. The van der Waals surface area contributed by atoms with Gasteiger partial charge in [0.15, 0.2) is 0 Å². The van der Waals surface area contributed by atoms with E-state index in [1.54, 1.807) is 6.19 Å². The number of rotatable bonds is 1. The lowest BCUT2D eigenvalue weighted by molar-refractivity contribution is -0.384. The lowest BCUT2D eigenvalue weighted by Crippen LogP contribution is -1.90. The fourth-order valence-electron chi connectivity index (χ4n) is 1.10. The van der Waals surface area contributed by atoms with Gasteiger partial charge in [-0.3, -0.25) is 10.1 Å². The molecular weight excluding hydrogens is 186 g/mol. The molecule has 2 aromatic rings. The van der Waals surface area contributed by atoms with E-state index in [0.29, 0.717) is 11.0 Å². The van der Waals surface area contributed by atoms with E-state index in [9.17, 15) is 10.1 Å². The van der Waals surface area contributed by atoms with Crippen LogP contribution in [0.4, 0.5) is 5.69 Å². The monoisotopic (exact) mass is 189 g/mol. The Balaban J connectivity index is 2.70. The highest BCUT2D eigenvalue weighted by molar-refractivity contribution is 5.77. The third-order valence-corrected chi connectivity index (χ3v) is 1.73. The lowest BCUT2D eigenvalue weighted by atomic mass is 10.3. The first-order chi connectivity index (χ1) is 6.72. The van der Waals surface area contributed by atoms with E-state index in [1.807, 2.05) is 0 Å². The number of benzene rings is 1. The molecule has 1 heterocycles. The van der Waals surface area contributed by atoms with Crippen LogP contribution < -0.4 is 0 Å². The Bertz CT molecular complexity index is 553. The van der Waals surface area contributed by atoms with Gasteiger partial charge in [0.05, 0.1) is 4.92 Å². The minimum atomic E-state index is -0.523. The summed E-state index contributed by atoms with van der Waals surface area (Å²) in [5.41, 5.74) is 0.723. The molecule has 0 amide bonds. The number of aromatic nitrogens is 3. The third-order valence-electron chi connectivity index (χ3n) is 1.73. The summed E-state index contributed by atoms with van der Waals surface area (Å²) in [6, 6.07) is 4.02. The molecule has 1 aromatic heterocycles. The number of non-ortho nitro benzene ring substituents is 1. The molecule has 7 heteroatoms. The van der Waals surface area contributed by atoms with Crippen molar-refractivity contribution in [2.45, 2.75) is 0 Å². The van der Waals surface area contributed by atoms with Crippen LogP contribution >= 0.6 is 0 Å². The Morgan fingerprint density at radius 1 is 1.57 bits per heavy atom. The zero-order valence-corrected chi connectivity index (χ0v) is 6.78. The molecule has 0 aliphatic heterocycles. The summed E-state index contributed by atoms with van der Waals surface area (Å²) >= 11 is 0. The maximum absolute atomic E-state index is 10.4. The van der Waals surface area contributed by atoms with Crippen LogP contribution in [-0.2, 0) is 0 Å². The number of hydrogen-bond donors (Lipinski definition) is 0. The van der Waals surface area contributed by atoms with Gasteiger partial charge in [-0.1, -0.05) is 5.21 Å². The molecule has 7 nitrogen and oxygen atoms in total. The summed E-state index contributed by atoms with van der Waals surface area (Å²) in [5, 5.41) is 26.1. The van der Waals surface area contributed by atoms with E-state index in [1.165, 1.54) is 18.2 Å². The first-order valence-electron chi connectivity index (χ1n) is 3.62. The highest BCUT2D eigenvalue weighted by Gasteiger charge is 2.10. The SMILES string of the molecule is N#Cn1nnc2cc([N+](=O)[O-])ccc21. The number of nitro benzene ring substituents is 1. The molecule has 0 fully saturated rings. The molecule has 0 saturated carbocycles. The topological polar surface area (TPSA) is 97.6 Å². The average molecular weight is 189 g/mol. The average Bonchev–Trinajstić information content (AvgIpc) is 2.59. The molecular formula is C7H3N5O2. The molecule has 0 aliphatic carbocycles. The summed E-state index contributed by atoms with van der Waals surface area (Å²) in [6.07, 6.45) is 1.77. The predicted molar refractivity (Wildman–Crippen MR) is 45.2 cm³/mol. The van der Waals surface area contributed by atoms with Gasteiger partial charge in [0.2, 0.25) is 6.19 Å². The molecule has 0 aliphatic rings. The quantitative estimate of drug-likeness (QED) is 0.485. The van der Waals surface area contributed by atoms with E-state index >= 15 is 0 Å². The highest BCUT2D eigenvalue weighted by atomic mass is 16.6. The second-order valence-corrected chi connectivity index (χ2v) is 2.53. The van der Waals surface area contributed by atoms with Crippen LogP contribution in [0.1, 0.15) is 0 Å². The molecule has 0 radical (unpaired) electrons. The van der Waals surface area contributed by atoms with Crippen LogP contribution in [0, 0.1) is 21.6 Å². The first-order valence-corrected chi connectivity index (χ1v) is 3.62. The fraction of sp³-hybridized carbons (Fsp3) is 0. The third kappa shape index (κ3) is 1.06. The molecule has 2 rings (SSSR count). The van der Waals surface area contributed by atoms with Gasteiger partial charge in [-0.25, -0.2) is 0 Å². The van der Waals surface area contributed by atoms with Gasteiger partial charge in [0.25, 0.3) is 5.69 Å². The van der Waals surface area contributed by atoms with Crippen molar-refractivity contribution in [3.8, 4) is 6.19 Å². The standard InChI is InChI=1S/C7H3N5O2/c8-4-11-7-2-1-5(12(13)14)3-6(7)9-10-11/h1-3H. The van der Waals surface area contributed by atoms with Gasteiger partial charge in [-0.15, -0.1) is 9.78 Å². The van der Waals surface area contributed by atoms with Gasteiger partial charge in [-0.2, -0.15) is 5.26 Å². The maximum Gasteiger partial charge on any atom is 0.271 e. The smallest absolute Gasteiger partial charge is 0.258 e. The van der Waals surface area contributed by atoms with Crippen LogP contribution in [0.3, 0.4) is 0 Å². The van der Waals surface area contributed by atoms with Crippen molar-refractivity contribution in [1.29, 1.82) is 5.26 Å². The molecule has 0 bridgehead atoms. The largest absolute Gasteiger partial charge is 0.271 e. The van der Waals surface area contributed by atoms with Crippen molar-refractivity contribution in [1.82, 2.24) is 15.0 Å². The molecule has 0 atom stereocenters.